The summed E-state index contributed by atoms with van der Waals surface area (Å²) in [6.07, 6.45) is 3.66. The van der Waals surface area contributed by atoms with Gasteiger partial charge in [0.05, 0.1) is 18.2 Å². The van der Waals surface area contributed by atoms with Gasteiger partial charge in [0.1, 0.15) is 0 Å². The smallest absolute Gasteiger partial charge is 0.337 e. The van der Waals surface area contributed by atoms with Crippen molar-refractivity contribution in [1.29, 1.82) is 0 Å². The molecule has 1 aliphatic carbocycles. The summed E-state index contributed by atoms with van der Waals surface area (Å²) in [5, 5.41) is 10.5. The number of aromatic amines is 1. The number of carbonyl (C=O) groups is 3. The second-order valence-corrected chi connectivity index (χ2v) is 10.2. The van der Waals surface area contributed by atoms with Gasteiger partial charge in [0.25, 0.3) is 0 Å². The number of aryl methyl sites for hydroxylation is 1. The number of carbonyl (C=O) groups excluding carboxylic acids is 2. The molecular formula is C28H30N2O5. The lowest BCUT2D eigenvalue weighted by molar-refractivity contribution is 0.0599. The molecule has 5 rings (SSSR count). The van der Waals surface area contributed by atoms with Gasteiger partial charge in [0.2, 0.25) is 0 Å². The first-order valence-electron chi connectivity index (χ1n) is 11.4. The van der Waals surface area contributed by atoms with Crippen LogP contribution in [0.2, 0.25) is 0 Å². The van der Waals surface area contributed by atoms with Crippen LogP contribution in [0.5, 0.6) is 0 Å². The van der Waals surface area contributed by atoms with E-state index in [0.29, 0.717) is 16.7 Å². The maximum Gasteiger partial charge on any atom is 0.337 e. The maximum absolute atomic E-state index is 12.9. The lowest BCUT2D eigenvalue weighted by Crippen LogP contribution is -2.07. The van der Waals surface area contributed by atoms with Crippen LogP contribution in [0.3, 0.4) is 0 Å². The third kappa shape index (κ3) is 4.01. The van der Waals surface area contributed by atoms with Gasteiger partial charge >= 0.3 is 11.9 Å². The molecule has 0 amide bonds. The van der Waals surface area contributed by atoms with Crippen molar-refractivity contribution in [3.63, 3.8) is 0 Å². The van der Waals surface area contributed by atoms with E-state index in [4.69, 9.17) is 9.84 Å². The summed E-state index contributed by atoms with van der Waals surface area (Å²) in [7, 11) is 3.29. The number of aromatic nitrogens is 2. The number of esters is 1. The molecule has 0 spiro atoms. The molecule has 0 aliphatic heterocycles. The highest BCUT2D eigenvalue weighted by Crippen LogP contribution is 2.69. The van der Waals surface area contributed by atoms with Gasteiger partial charge in [-0.15, -0.1) is 0 Å². The Hall–Kier alpha value is -3.87. The van der Waals surface area contributed by atoms with Crippen LogP contribution < -0.4 is 0 Å². The number of fused-ring (bicyclic) bond motifs is 2. The molecule has 4 aromatic rings. The number of hydrogen-bond donors (Lipinski definition) is 2. The zero-order valence-electron chi connectivity index (χ0n) is 20.8. The molecule has 0 unspecified atom stereocenters. The van der Waals surface area contributed by atoms with E-state index >= 15 is 0 Å². The topological polar surface area (TPSA) is 101 Å². The Bertz CT molecular complexity index is 1460. The van der Waals surface area contributed by atoms with Crippen LogP contribution in [0.4, 0.5) is 0 Å². The second-order valence-electron chi connectivity index (χ2n) is 10.2. The quantitative estimate of drug-likeness (QED) is 0.292. The molecule has 0 radical (unpaired) electrons. The molecule has 2 N–H and O–H groups in total. The highest BCUT2D eigenvalue weighted by atomic mass is 16.5. The van der Waals surface area contributed by atoms with E-state index in [1.54, 1.807) is 30.5 Å². The fraction of sp³-hybridized carbons (Fsp3) is 0.321. The Morgan fingerprint density at radius 2 is 1.63 bits per heavy atom. The summed E-state index contributed by atoms with van der Waals surface area (Å²) in [6.45, 7) is 8.52. The first-order chi connectivity index (χ1) is 16.4. The SMILES string of the molecule is COC(=O)c1ccc2[nH]cc(C(=O)C3C(C)(C)C3(C)C)c2c1.Cn1ccc2cc(C(=O)O)ccc21. The van der Waals surface area contributed by atoms with E-state index in [9.17, 15) is 14.4 Å². The molecule has 2 aromatic heterocycles. The molecule has 2 aromatic carbocycles. The Morgan fingerprint density at radius 3 is 2.23 bits per heavy atom. The number of methoxy groups -OCH3 is 1. The summed E-state index contributed by atoms with van der Waals surface area (Å²) in [4.78, 5) is 38.4. The van der Waals surface area contributed by atoms with Crippen LogP contribution in [-0.4, -0.2) is 39.5 Å². The van der Waals surface area contributed by atoms with Gasteiger partial charge in [0, 0.05) is 52.7 Å². The van der Waals surface area contributed by atoms with Gasteiger partial charge < -0.3 is 19.4 Å². The van der Waals surface area contributed by atoms with Crippen molar-refractivity contribution in [3.8, 4) is 0 Å². The van der Waals surface area contributed by atoms with Crippen LogP contribution in [0.25, 0.3) is 21.8 Å². The first kappa shape index (κ1) is 24.3. The second kappa shape index (κ2) is 8.41. The number of Topliss-reactive ketones (excluding diaryl/α,β-unsaturated/α-hetero) is 1. The summed E-state index contributed by atoms with van der Waals surface area (Å²) >= 11 is 0. The molecule has 0 bridgehead atoms. The van der Waals surface area contributed by atoms with Crippen molar-refractivity contribution < 1.29 is 24.2 Å². The predicted octanol–water partition coefficient (Wildman–Crippen LogP) is 5.70. The van der Waals surface area contributed by atoms with Crippen LogP contribution in [0.15, 0.2) is 54.9 Å². The van der Waals surface area contributed by atoms with E-state index in [2.05, 4.69) is 32.7 Å². The van der Waals surface area contributed by atoms with Crippen LogP contribution >= 0.6 is 0 Å². The molecule has 35 heavy (non-hydrogen) atoms. The molecular weight excluding hydrogens is 444 g/mol. The molecule has 1 fully saturated rings. The van der Waals surface area contributed by atoms with Gasteiger partial charge in [-0.25, -0.2) is 9.59 Å². The minimum Gasteiger partial charge on any atom is -0.478 e. The summed E-state index contributed by atoms with van der Waals surface area (Å²) in [5.41, 5.74) is 3.33. The molecule has 1 saturated carbocycles. The third-order valence-corrected chi connectivity index (χ3v) is 7.78. The van der Waals surface area contributed by atoms with E-state index in [1.807, 2.05) is 36.0 Å². The van der Waals surface area contributed by atoms with Gasteiger partial charge in [-0.1, -0.05) is 27.7 Å². The average Bonchev–Trinajstić information content (AvgIpc) is 3.21. The third-order valence-electron chi connectivity index (χ3n) is 7.78. The van der Waals surface area contributed by atoms with E-state index in [-0.39, 0.29) is 22.5 Å². The van der Waals surface area contributed by atoms with Gasteiger partial charge in [-0.05, 0) is 53.3 Å². The number of H-pyrrole nitrogens is 1. The summed E-state index contributed by atoms with van der Waals surface area (Å²) in [6, 6.07) is 12.3. The maximum atomic E-state index is 12.9. The van der Waals surface area contributed by atoms with Crippen molar-refractivity contribution in [2.45, 2.75) is 27.7 Å². The minimum atomic E-state index is -0.884. The molecule has 182 valence electrons. The highest BCUT2D eigenvalue weighted by molar-refractivity contribution is 6.11. The largest absolute Gasteiger partial charge is 0.478 e. The molecule has 2 heterocycles. The molecule has 7 heteroatoms. The predicted molar refractivity (Wildman–Crippen MR) is 135 cm³/mol. The van der Waals surface area contributed by atoms with Gasteiger partial charge in [-0.2, -0.15) is 0 Å². The van der Waals surface area contributed by atoms with Crippen molar-refractivity contribution in [2.75, 3.05) is 7.11 Å². The molecule has 7 nitrogen and oxygen atoms in total. The first-order valence-corrected chi connectivity index (χ1v) is 11.4. The number of aromatic carboxylic acids is 1. The van der Waals surface area contributed by atoms with E-state index < -0.39 is 11.9 Å². The number of benzene rings is 2. The number of nitrogens with one attached hydrogen (secondary N) is 1. The fourth-order valence-corrected chi connectivity index (χ4v) is 4.99. The van der Waals surface area contributed by atoms with Crippen molar-refractivity contribution in [1.82, 2.24) is 9.55 Å². The average molecular weight is 475 g/mol. The van der Waals surface area contributed by atoms with E-state index in [0.717, 1.165) is 21.8 Å². The Balaban J connectivity index is 0.000000189. The zero-order chi connectivity index (χ0) is 25.7. The number of carboxylic acids is 1. The standard InChI is InChI=1S/C18H21NO3.C10H9NO2/c1-17(2)15(18(17,3)4)14(20)12-9-19-13-7-6-10(8-11(12)13)16(21)22-5;1-11-5-4-7-6-8(10(12)13)2-3-9(7)11/h6-9,15,19H,1-5H3;2-6H,1H3,(H,12,13). The summed E-state index contributed by atoms with van der Waals surface area (Å²) < 4.78 is 6.71. The van der Waals surface area contributed by atoms with Gasteiger partial charge in [-0.3, -0.25) is 4.79 Å². The van der Waals surface area contributed by atoms with Crippen molar-refractivity contribution >= 4 is 39.5 Å². The minimum absolute atomic E-state index is 0.000725. The zero-order valence-corrected chi connectivity index (χ0v) is 20.8. The van der Waals surface area contributed by atoms with Crippen LogP contribution in [0.1, 0.15) is 58.8 Å². The van der Waals surface area contributed by atoms with Gasteiger partial charge in [0.15, 0.2) is 5.78 Å². The molecule has 0 atom stereocenters. The number of nitrogens with zero attached hydrogens (tertiary/aromatic N) is 1. The van der Waals surface area contributed by atoms with Crippen molar-refractivity contribution in [3.05, 3.63) is 71.5 Å². The number of rotatable bonds is 4. The van der Waals surface area contributed by atoms with E-state index in [1.165, 1.54) is 7.11 Å². The highest BCUT2D eigenvalue weighted by Gasteiger charge is 2.68. The molecule has 0 saturated heterocycles. The lowest BCUT2D eigenvalue weighted by atomic mass is 10.00. The number of hydrogen-bond acceptors (Lipinski definition) is 4. The number of carboxylic acid groups (broad SMARTS) is 1. The Morgan fingerprint density at radius 1 is 0.971 bits per heavy atom. The lowest BCUT2D eigenvalue weighted by Gasteiger charge is -2.03. The van der Waals surface area contributed by atoms with Crippen LogP contribution in [-0.2, 0) is 11.8 Å². The van der Waals surface area contributed by atoms with Crippen LogP contribution in [0, 0.1) is 16.7 Å². The summed E-state index contributed by atoms with van der Waals surface area (Å²) in [5.74, 6) is -1.14. The fourth-order valence-electron chi connectivity index (χ4n) is 4.99. The van der Waals surface area contributed by atoms with Crippen molar-refractivity contribution in [2.24, 2.45) is 23.8 Å². The number of ether oxygens (including phenoxy) is 1. The normalized spacial score (nSPS) is 15.9. The molecule has 1 aliphatic rings. The Kier molecular flexibility index (Phi) is 5.83. The Labute approximate surface area is 203 Å². The monoisotopic (exact) mass is 474 g/mol. The number of ketones is 1.